The summed E-state index contributed by atoms with van der Waals surface area (Å²) in [6.45, 7) is 2.22. The van der Waals surface area contributed by atoms with Crippen molar-refractivity contribution in [3.05, 3.63) is 50.7 Å². The van der Waals surface area contributed by atoms with E-state index in [1.54, 1.807) is 0 Å². The fraction of sp³-hybridized carbons (Fsp3) is 0.389. The van der Waals surface area contributed by atoms with Gasteiger partial charge in [-0.05, 0) is 24.6 Å². The highest BCUT2D eigenvalue weighted by atomic mass is 32.2. The number of nitrogens with two attached hydrogens (primary N) is 1. The number of amides is 1. The van der Waals surface area contributed by atoms with Crippen molar-refractivity contribution in [1.82, 2.24) is 14.0 Å². The third-order valence-corrected chi connectivity index (χ3v) is 6.24. The zero-order valence-corrected chi connectivity index (χ0v) is 18.0. The van der Waals surface area contributed by atoms with Crippen molar-refractivity contribution in [1.29, 1.82) is 0 Å². The molecule has 0 fully saturated rings. The molecule has 0 radical (unpaired) electrons. The molecule has 0 atom stereocenters. The van der Waals surface area contributed by atoms with E-state index >= 15 is 0 Å². The molecule has 30 heavy (non-hydrogen) atoms. The van der Waals surface area contributed by atoms with Crippen molar-refractivity contribution < 1.29 is 18.0 Å². The molecule has 0 bridgehead atoms. The SMILES string of the molecule is CCCCn1c(N)c(N(C)C(=O)c2cccc(S(=O)(=O)N(C)OC)c2)c(=O)[nH]c1=O. The van der Waals surface area contributed by atoms with Crippen LogP contribution in [0.5, 0.6) is 0 Å². The highest BCUT2D eigenvalue weighted by Crippen LogP contribution is 2.21. The van der Waals surface area contributed by atoms with Crippen molar-refractivity contribution in [2.24, 2.45) is 0 Å². The number of aromatic nitrogens is 2. The standard InChI is InChI=1S/C18H25N5O6S/c1-5-6-10-23-15(19)14(16(24)20-18(23)26)21(2)17(25)12-8-7-9-13(11-12)30(27,28)22(3)29-4/h7-9,11H,5-6,10,19H2,1-4H3,(H,20,24,26). The number of nitrogen functional groups attached to an aromatic ring is 1. The van der Waals surface area contributed by atoms with Crippen LogP contribution in [-0.4, -0.2) is 49.5 Å². The molecule has 1 aromatic heterocycles. The van der Waals surface area contributed by atoms with Gasteiger partial charge in [0, 0.05) is 26.2 Å². The average Bonchev–Trinajstić information content (AvgIpc) is 2.72. The van der Waals surface area contributed by atoms with Crippen LogP contribution in [0, 0.1) is 0 Å². The molecule has 0 spiro atoms. The summed E-state index contributed by atoms with van der Waals surface area (Å²) in [5, 5.41) is 0. The molecule has 11 nitrogen and oxygen atoms in total. The van der Waals surface area contributed by atoms with E-state index in [1.807, 2.05) is 6.92 Å². The van der Waals surface area contributed by atoms with Crippen LogP contribution >= 0.6 is 0 Å². The Kier molecular flexibility index (Phi) is 7.18. The van der Waals surface area contributed by atoms with Gasteiger partial charge in [-0.2, -0.15) is 0 Å². The molecular weight excluding hydrogens is 414 g/mol. The Morgan fingerprint density at radius 3 is 2.53 bits per heavy atom. The maximum absolute atomic E-state index is 13.0. The van der Waals surface area contributed by atoms with Crippen molar-refractivity contribution in [3.8, 4) is 0 Å². The number of carbonyl (C=O) groups excluding carboxylic acids is 1. The summed E-state index contributed by atoms with van der Waals surface area (Å²) in [6, 6.07) is 5.28. The third-order valence-electron chi connectivity index (χ3n) is 4.56. The minimum Gasteiger partial charge on any atom is -0.383 e. The second kappa shape index (κ2) is 9.24. The fourth-order valence-electron chi connectivity index (χ4n) is 2.77. The average molecular weight is 439 g/mol. The van der Waals surface area contributed by atoms with Crippen LogP contribution in [0.15, 0.2) is 38.8 Å². The quantitative estimate of drug-likeness (QED) is 0.565. The highest BCUT2D eigenvalue weighted by molar-refractivity contribution is 7.89. The van der Waals surface area contributed by atoms with Gasteiger partial charge in [-0.3, -0.25) is 24.0 Å². The Bertz CT molecular complexity index is 1150. The van der Waals surface area contributed by atoms with Crippen LogP contribution in [0.3, 0.4) is 0 Å². The molecule has 0 unspecified atom stereocenters. The smallest absolute Gasteiger partial charge is 0.330 e. The van der Waals surface area contributed by atoms with E-state index in [4.69, 9.17) is 10.6 Å². The Morgan fingerprint density at radius 1 is 1.27 bits per heavy atom. The zero-order valence-electron chi connectivity index (χ0n) is 17.2. The number of unbranched alkanes of at least 4 members (excludes halogenated alkanes) is 1. The summed E-state index contributed by atoms with van der Waals surface area (Å²) in [5.41, 5.74) is 4.36. The number of hydrogen-bond donors (Lipinski definition) is 2. The maximum atomic E-state index is 13.0. The molecular formula is C18H25N5O6S. The molecule has 1 amide bonds. The van der Waals surface area contributed by atoms with E-state index in [0.29, 0.717) is 10.9 Å². The Labute approximate surface area is 173 Å². The molecule has 0 aliphatic rings. The summed E-state index contributed by atoms with van der Waals surface area (Å²) >= 11 is 0. The van der Waals surface area contributed by atoms with Crippen LogP contribution in [0.2, 0.25) is 0 Å². The Morgan fingerprint density at radius 2 is 1.93 bits per heavy atom. The first kappa shape index (κ1) is 23.3. The van der Waals surface area contributed by atoms with Crippen LogP contribution in [0.25, 0.3) is 0 Å². The monoisotopic (exact) mass is 439 g/mol. The normalized spacial score (nSPS) is 11.6. The molecule has 12 heteroatoms. The van der Waals surface area contributed by atoms with Gasteiger partial charge in [-0.15, -0.1) is 0 Å². The predicted octanol–water partition coefficient (Wildman–Crippen LogP) is 0.377. The second-order valence-electron chi connectivity index (χ2n) is 6.49. The molecule has 164 valence electrons. The minimum absolute atomic E-state index is 0.00758. The van der Waals surface area contributed by atoms with E-state index in [-0.39, 0.29) is 28.5 Å². The number of benzene rings is 1. The van der Waals surface area contributed by atoms with Crippen LogP contribution < -0.4 is 21.9 Å². The lowest BCUT2D eigenvalue weighted by Gasteiger charge is -2.21. The summed E-state index contributed by atoms with van der Waals surface area (Å²) in [5.74, 6) is -0.819. The van der Waals surface area contributed by atoms with Crippen LogP contribution in [0.1, 0.15) is 30.1 Å². The van der Waals surface area contributed by atoms with Crippen molar-refractivity contribution in [2.45, 2.75) is 31.2 Å². The number of rotatable bonds is 8. The van der Waals surface area contributed by atoms with Crippen LogP contribution in [-0.2, 0) is 21.4 Å². The molecule has 2 aromatic rings. The highest BCUT2D eigenvalue weighted by Gasteiger charge is 2.25. The number of nitrogens with one attached hydrogen (secondary N) is 1. The van der Waals surface area contributed by atoms with E-state index < -0.39 is 27.2 Å². The lowest BCUT2D eigenvalue weighted by atomic mass is 10.2. The van der Waals surface area contributed by atoms with Crippen LogP contribution in [0.4, 0.5) is 11.5 Å². The van der Waals surface area contributed by atoms with Gasteiger partial charge < -0.3 is 10.6 Å². The first-order chi connectivity index (χ1) is 14.1. The lowest BCUT2D eigenvalue weighted by molar-refractivity contribution is -0.0258. The Hall–Kier alpha value is -2.96. The van der Waals surface area contributed by atoms with Crippen molar-refractivity contribution >= 4 is 27.4 Å². The third kappa shape index (κ3) is 4.45. The predicted molar refractivity (Wildman–Crippen MR) is 112 cm³/mol. The number of sulfonamides is 1. The van der Waals surface area contributed by atoms with Gasteiger partial charge in [-0.25, -0.2) is 13.2 Å². The number of H-pyrrole nitrogens is 1. The van der Waals surface area contributed by atoms with Gasteiger partial charge in [0.05, 0.1) is 12.0 Å². The van der Waals surface area contributed by atoms with Gasteiger partial charge in [0.2, 0.25) is 0 Å². The minimum atomic E-state index is -3.97. The van der Waals surface area contributed by atoms with Gasteiger partial charge in [0.15, 0.2) is 5.69 Å². The zero-order chi connectivity index (χ0) is 22.6. The van der Waals surface area contributed by atoms with Crippen molar-refractivity contribution in [2.75, 3.05) is 31.8 Å². The molecule has 0 aliphatic carbocycles. The summed E-state index contributed by atoms with van der Waals surface area (Å²) in [6.07, 6.45) is 1.45. The topological polar surface area (TPSA) is 148 Å². The first-order valence-electron chi connectivity index (χ1n) is 9.10. The number of nitrogens with zero attached hydrogens (tertiary/aromatic N) is 3. The summed E-state index contributed by atoms with van der Waals surface area (Å²) < 4.78 is 26.7. The molecule has 3 N–H and O–H groups in total. The summed E-state index contributed by atoms with van der Waals surface area (Å²) in [7, 11) is -0.237. The first-order valence-corrected chi connectivity index (χ1v) is 10.5. The Balaban J connectivity index is 2.50. The van der Waals surface area contributed by atoms with E-state index in [0.717, 1.165) is 11.3 Å². The van der Waals surface area contributed by atoms with Gasteiger partial charge in [0.1, 0.15) is 5.82 Å². The molecule has 0 saturated carbocycles. The molecule has 0 saturated heterocycles. The fourth-order valence-corrected chi connectivity index (χ4v) is 3.79. The van der Waals surface area contributed by atoms with Gasteiger partial charge >= 0.3 is 5.69 Å². The van der Waals surface area contributed by atoms with Gasteiger partial charge in [0.25, 0.3) is 21.5 Å². The number of hydroxylamine groups is 1. The maximum Gasteiger partial charge on any atom is 0.330 e. The van der Waals surface area contributed by atoms with E-state index in [9.17, 15) is 22.8 Å². The number of anilines is 2. The summed E-state index contributed by atoms with van der Waals surface area (Å²) in [4.78, 5) is 45.1. The number of carbonyl (C=O) groups is 1. The van der Waals surface area contributed by atoms with E-state index in [1.165, 1.54) is 50.0 Å². The largest absolute Gasteiger partial charge is 0.383 e. The number of hydrogen-bond acceptors (Lipinski definition) is 7. The second-order valence-corrected chi connectivity index (χ2v) is 8.42. The van der Waals surface area contributed by atoms with E-state index in [2.05, 4.69) is 4.98 Å². The number of aromatic amines is 1. The lowest BCUT2D eigenvalue weighted by Crippen LogP contribution is -2.39. The molecule has 1 heterocycles. The van der Waals surface area contributed by atoms with Gasteiger partial charge in [-0.1, -0.05) is 23.9 Å². The molecule has 0 aliphatic heterocycles. The molecule has 1 aromatic carbocycles. The van der Waals surface area contributed by atoms with Crippen molar-refractivity contribution in [3.63, 3.8) is 0 Å². The molecule has 2 rings (SSSR count).